The number of rotatable bonds is 4. The third kappa shape index (κ3) is 2.87. The lowest BCUT2D eigenvalue weighted by molar-refractivity contribution is -0.122. The monoisotopic (exact) mass is 291 g/mol. The van der Waals surface area contributed by atoms with Crippen LogP contribution in [0.3, 0.4) is 0 Å². The van der Waals surface area contributed by atoms with E-state index in [2.05, 4.69) is 20.6 Å². The zero-order valence-corrected chi connectivity index (χ0v) is 12.2. The molecule has 3 rings (SSSR count). The quantitative estimate of drug-likeness (QED) is 0.926. The Morgan fingerprint density at radius 1 is 1.50 bits per heavy atom. The summed E-state index contributed by atoms with van der Waals surface area (Å²) in [5.74, 6) is -0.0730. The van der Waals surface area contributed by atoms with E-state index >= 15 is 0 Å². The van der Waals surface area contributed by atoms with Gasteiger partial charge in [0.25, 0.3) is 0 Å². The molecule has 0 unspecified atom stereocenters. The van der Waals surface area contributed by atoms with Crippen LogP contribution in [0.4, 0.5) is 0 Å². The highest BCUT2D eigenvalue weighted by Gasteiger charge is 2.19. The lowest BCUT2D eigenvalue weighted by Gasteiger charge is -2.10. The minimum absolute atomic E-state index is 0.0541. The van der Waals surface area contributed by atoms with Gasteiger partial charge in [0.1, 0.15) is 11.6 Å². The van der Waals surface area contributed by atoms with Crippen LogP contribution in [-0.2, 0) is 24.2 Å². The Morgan fingerprint density at radius 3 is 3.10 bits per heavy atom. The van der Waals surface area contributed by atoms with Crippen LogP contribution in [0.5, 0.6) is 0 Å². The second-order valence-electron chi connectivity index (χ2n) is 5.02. The SMILES string of the molecule is C[C@H](NC(=O)Cn1ccnn1)c1nc2c(s1)CCCC2. The van der Waals surface area contributed by atoms with Gasteiger partial charge in [-0.3, -0.25) is 4.79 Å². The maximum Gasteiger partial charge on any atom is 0.242 e. The van der Waals surface area contributed by atoms with Crippen molar-refractivity contribution in [2.24, 2.45) is 0 Å². The minimum atomic E-state index is -0.0730. The first kappa shape index (κ1) is 13.2. The smallest absolute Gasteiger partial charge is 0.242 e. The van der Waals surface area contributed by atoms with E-state index in [1.165, 1.54) is 28.1 Å². The Kier molecular flexibility index (Phi) is 3.77. The normalized spacial score (nSPS) is 15.7. The van der Waals surface area contributed by atoms with Crippen LogP contribution in [0.1, 0.15) is 41.4 Å². The molecule has 20 heavy (non-hydrogen) atoms. The minimum Gasteiger partial charge on any atom is -0.346 e. The zero-order valence-electron chi connectivity index (χ0n) is 11.4. The van der Waals surface area contributed by atoms with Crippen molar-refractivity contribution in [1.29, 1.82) is 0 Å². The number of hydrogen-bond acceptors (Lipinski definition) is 5. The second-order valence-corrected chi connectivity index (χ2v) is 6.13. The summed E-state index contributed by atoms with van der Waals surface area (Å²) in [5, 5.41) is 11.4. The van der Waals surface area contributed by atoms with Gasteiger partial charge in [-0.2, -0.15) is 0 Å². The number of thiazole rings is 1. The number of nitrogens with one attached hydrogen (secondary N) is 1. The topological polar surface area (TPSA) is 72.7 Å². The van der Waals surface area contributed by atoms with Crippen LogP contribution < -0.4 is 5.32 Å². The first-order valence-electron chi connectivity index (χ1n) is 6.84. The molecular weight excluding hydrogens is 274 g/mol. The summed E-state index contributed by atoms with van der Waals surface area (Å²) in [4.78, 5) is 18.0. The van der Waals surface area contributed by atoms with Crippen molar-refractivity contribution in [3.05, 3.63) is 28.0 Å². The number of aromatic nitrogens is 4. The lowest BCUT2D eigenvalue weighted by Crippen LogP contribution is -2.30. The molecule has 2 heterocycles. The Balaban J connectivity index is 1.62. The first-order chi connectivity index (χ1) is 9.72. The van der Waals surface area contributed by atoms with E-state index in [9.17, 15) is 4.79 Å². The van der Waals surface area contributed by atoms with Crippen molar-refractivity contribution < 1.29 is 4.79 Å². The fourth-order valence-corrected chi connectivity index (χ4v) is 3.53. The van der Waals surface area contributed by atoms with E-state index in [4.69, 9.17) is 0 Å². The Hall–Kier alpha value is -1.76. The molecule has 0 saturated carbocycles. The fourth-order valence-electron chi connectivity index (χ4n) is 2.37. The standard InChI is InChI=1S/C13H17N5OS/c1-9(15-12(19)8-18-7-6-14-17-18)13-16-10-4-2-3-5-11(10)20-13/h6-7,9H,2-5,8H2,1H3,(H,15,19)/t9-/m0/s1. The molecule has 1 N–H and O–H groups in total. The fraction of sp³-hybridized carbons (Fsp3) is 0.538. The van der Waals surface area contributed by atoms with Crippen molar-refractivity contribution in [3.63, 3.8) is 0 Å². The third-order valence-electron chi connectivity index (χ3n) is 3.39. The number of hydrogen-bond donors (Lipinski definition) is 1. The number of carbonyl (C=O) groups excluding carboxylic acids is 1. The summed E-state index contributed by atoms with van der Waals surface area (Å²) in [6, 6.07) is -0.0541. The predicted octanol–water partition coefficient (Wildman–Crippen LogP) is 1.49. The molecule has 1 aliphatic rings. The van der Waals surface area contributed by atoms with Crippen LogP contribution in [0.15, 0.2) is 12.4 Å². The molecule has 0 bridgehead atoms. The molecule has 0 spiro atoms. The maximum absolute atomic E-state index is 11.9. The molecule has 0 saturated heterocycles. The first-order valence-corrected chi connectivity index (χ1v) is 7.66. The second kappa shape index (κ2) is 5.70. The number of fused-ring (bicyclic) bond motifs is 1. The summed E-state index contributed by atoms with van der Waals surface area (Å²) in [6.45, 7) is 2.17. The highest BCUT2D eigenvalue weighted by atomic mass is 32.1. The predicted molar refractivity (Wildman–Crippen MR) is 75.3 cm³/mol. The van der Waals surface area contributed by atoms with Gasteiger partial charge in [-0.15, -0.1) is 16.4 Å². The molecule has 7 heteroatoms. The van der Waals surface area contributed by atoms with Gasteiger partial charge in [-0.05, 0) is 32.6 Å². The molecule has 0 aliphatic heterocycles. The van der Waals surface area contributed by atoms with E-state index in [1.54, 1.807) is 23.7 Å². The largest absolute Gasteiger partial charge is 0.346 e. The summed E-state index contributed by atoms with van der Waals surface area (Å²) in [5.41, 5.74) is 1.23. The average molecular weight is 291 g/mol. The summed E-state index contributed by atoms with van der Waals surface area (Å²) in [6.07, 6.45) is 7.92. The van der Waals surface area contributed by atoms with Crippen LogP contribution in [-0.4, -0.2) is 25.9 Å². The third-order valence-corrected chi connectivity index (χ3v) is 4.73. The zero-order chi connectivity index (χ0) is 13.9. The van der Waals surface area contributed by atoms with Crippen LogP contribution in [0, 0.1) is 0 Å². The summed E-state index contributed by atoms with van der Waals surface area (Å²) < 4.78 is 1.51. The van der Waals surface area contributed by atoms with Crippen molar-refractivity contribution in [3.8, 4) is 0 Å². The van der Waals surface area contributed by atoms with E-state index in [0.717, 1.165) is 17.8 Å². The van der Waals surface area contributed by atoms with Gasteiger partial charge < -0.3 is 5.32 Å². The molecule has 1 aliphatic carbocycles. The van der Waals surface area contributed by atoms with Crippen LogP contribution in [0.25, 0.3) is 0 Å². The molecule has 1 amide bonds. The molecule has 0 aromatic carbocycles. The Bertz CT molecular complexity index is 568. The highest BCUT2D eigenvalue weighted by molar-refractivity contribution is 7.11. The Morgan fingerprint density at radius 2 is 2.35 bits per heavy atom. The Labute approximate surface area is 121 Å². The van der Waals surface area contributed by atoms with E-state index in [0.29, 0.717) is 0 Å². The van der Waals surface area contributed by atoms with E-state index in [-0.39, 0.29) is 18.5 Å². The van der Waals surface area contributed by atoms with Gasteiger partial charge in [-0.25, -0.2) is 9.67 Å². The van der Waals surface area contributed by atoms with Gasteiger partial charge >= 0.3 is 0 Å². The summed E-state index contributed by atoms with van der Waals surface area (Å²) in [7, 11) is 0. The van der Waals surface area contributed by atoms with Gasteiger partial charge in [0, 0.05) is 11.1 Å². The molecule has 6 nitrogen and oxygen atoms in total. The average Bonchev–Trinajstić information content (AvgIpc) is 3.06. The molecule has 2 aromatic rings. The molecule has 2 aromatic heterocycles. The molecule has 1 atom stereocenters. The van der Waals surface area contributed by atoms with Gasteiger partial charge in [0.2, 0.25) is 5.91 Å². The number of nitrogens with zero attached hydrogens (tertiary/aromatic N) is 4. The molecule has 106 valence electrons. The lowest BCUT2D eigenvalue weighted by atomic mass is 10.0. The van der Waals surface area contributed by atoms with E-state index in [1.807, 2.05) is 6.92 Å². The van der Waals surface area contributed by atoms with Gasteiger partial charge in [0.15, 0.2) is 0 Å². The number of amides is 1. The molecule has 0 radical (unpaired) electrons. The number of aryl methyl sites for hydroxylation is 2. The van der Waals surface area contributed by atoms with Crippen molar-refractivity contribution in [2.45, 2.75) is 45.2 Å². The van der Waals surface area contributed by atoms with E-state index < -0.39 is 0 Å². The molecular formula is C13H17N5OS. The van der Waals surface area contributed by atoms with Crippen molar-refractivity contribution in [1.82, 2.24) is 25.3 Å². The maximum atomic E-state index is 11.9. The van der Waals surface area contributed by atoms with Crippen molar-refractivity contribution in [2.75, 3.05) is 0 Å². The van der Waals surface area contributed by atoms with Gasteiger partial charge in [0.05, 0.1) is 17.9 Å². The molecule has 0 fully saturated rings. The van der Waals surface area contributed by atoms with Crippen molar-refractivity contribution >= 4 is 17.2 Å². The summed E-state index contributed by atoms with van der Waals surface area (Å²) >= 11 is 1.73. The van der Waals surface area contributed by atoms with Crippen LogP contribution >= 0.6 is 11.3 Å². The number of carbonyl (C=O) groups is 1. The highest BCUT2D eigenvalue weighted by Crippen LogP contribution is 2.29. The van der Waals surface area contributed by atoms with Crippen LogP contribution in [0.2, 0.25) is 0 Å². The van der Waals surface area contributed by atoms with Gasteiger partial charge in [-0.1, -0.05) is 5.21 Å².